The van der Waals surface area contributed by atoms with E-state index in [4.69, 9.17) is 23.2 Å². The molecule has 0 fully saturated rings. The number of alkyl halides is 3. The Balaban J connectivity index is 2.08. The van der Waals surface area contributed by atoms with Crippen LogP contribution in [0, 0.1) is 0 Å². The van der Waals surface area contributed by atoms with Gasteiger partial charge < -0.3 is 0 Å². The largest absolute Gasteiger partial charge is 0.417 e. The van der Waals surface area contributed by atoms with Gasteiger partial charge in [-0.15, -0.1) is 0 Å². The molecule has 21 heavy (non-hydrogen) atoms. The molecule has 1 N–H and O–H groups in total. The van der Waals surface area contributed by atoms with Crippen LogP contribution in [0.5, 0.6) is 0 Å². The summed E-state index contributed by atoms with van der Waals surface area (Å²) in [5, 5.41) is 4.27. The number of rotatable bonds is 3. The van der Waals surface area contributed by atoms with Gasteiger partial charge in [0.2, 0.25) is 0 Å². The second-order valence-corrected chi connectivity index (χ2v) is 4.82. The first kappa shape index (κ1) is 15.6. The molecule has 110 valence electrons. The molecule has 2 aromatic rings. The molecule has 8 heteroatoms. The number of nitrogens with one attached hydrogen (secondary N) is 1. The molecule has 0 amide bonds. The van der Waals surface area contributed by atoms with E-state index in [9.17, 15) is 13.2 Å². The van der Waals surface area contributed by atoms with Gasteiger partial charge in [-0.1, -0.05) is 35.3 Å². The topological polar surface area (TPSA) is 37.3 Å². The third-order valence-corrected chi connectivity index (χ3v) is 2.96. The van der Waals surface area contributed by atoms with Gasteiger partial charge in [0.15, 0.2) is 5.82 Å². The molecule has 0 bridgehead atoms. The lowest BCUT2D eigenvalue weighted by Crippen LogP contribution is -2.06. The van der Waals surface area contributed by atoms with Crippen LogP contribution in [-0.4, -0.2) is 11.2 Å². The quantitative estimate of drug-likeness (QED) is 0.643. The Kier molecular flexibility index (Phi) is 4.69. The summed E-state index contributed by atoms with van der Waals surface area (Å²) in [6.45, 7) is 0. The zero-order chi connectivity index (χ0) is 15.5. The number of halogens is 5. The first-order valence-electron chi connectivity index (χ1n) is 5.63. The van der Waals surface area contributed by atoms with Crippen LogP contribution in [0.3, 0.4) is 0 Å². The van der Waals surface area contributed by atoms with Crippen LogP contribution in [0.15, 0.2) is 41.6 Å². The van der Waals surface area contributed by atoms with Crippen molar-refractivity contribution in [3.8, 4) is 0 Å². The van der Waals surface area contributed by atoms with Crippen LogP contribution in [0.25, 0.3) is 0 Å². The fourth-order valence-electron chi connectivity index (χ4n) is 1.39. The number of benzene rings is 1. The molecular weight excluding hydrogens is 326 g/mol. The first-order valence-corrected chi connectivity index (χ1v) is 6.39. The van der Waals surface area contributed by atoms with Gasteiger partial charge in [-0.25, -0.2) is 4.98 Å². The van der Waals surface area contributed by atoms with E-state index in [1.165, 1.54) is 6.21 Å². The minimum Gasteiger partial charge on any atom is -0.260 e. The lowest BCUT2D eigenvalue weighted by atomic mass is 10.2. The maximum atomic E-state index is 12.4. The number of aromatic nitrogens is 1. The summed E-state index contributed by atoms with van der Waals surface area (Å²) in [6.07, 6.45) is -2.33. The second-order valence-electron chi connectivity index (χ2n) is 3.97. The number of anilines is 1. The third-order valence-electron chi connectivity index (χ3n) is 2.42. The Morgan fingerprint density at radius 3 is 2.38 bits per heavy atom. The van der Waals surface area contributed by atoms with Crippen LogP contribution >= 0.6 is 23.2 Å². The van der Waals surface area contributed by atoms with Crippen molar-refractivity contribution < 1.29 is 13.2 Å². The molecule has 1 heterocycles. The highest BCUT2D eigenvalue weighted by Gasteiger charge is 2.31. The maximum absolute atomic E-state index is 12.4. The Morgan fingerprint density at radius 2 is 1.81 bits per heavy atom. The Hall–Kier alpha value is -1.79. The molecule has 2 rings (SSSR count). The SMILES string of the molecule is FC(F)(F)c1cnc(NN=Cc2ccc(Cl)cc2)c(Cl)c1. The maximum Gasteiger partial charge on any atom is 0.417 e. The van der Waals surface area contributed by atoms with Gasteiger partial charge in [-0.2, -0.15) is 18.3 Å². The van der Waals surface area contributed by atoms with Gasteiger partial charge in [0.1, 0.15) is 0 Å². The molecule has 0 radical (unpaired) electrons. The van der Waals surface area contributed by atoms with E-state index in [0.717, 1.165) is 11.6 Å². The Morgan fingerprint density at radius 1 is 1.14 bits per heavy atom. The smallest absolute Gasteiger partial charge is 0.260 e. The lowest BCUT2D eigenvalue weighted by Gasteiger charge is -2.08. The van der Waals surface area contributed by atoms with Gasteiger partial charge in [0.25, 0.3) is 0 Å². The fourth-order valence-corrected chi connectivity index (χ4v) is 1.73. The first-order chi connectivity index (χ1) is 9.86. The molecule has 0 aliphatic heterocycles. The van der Waals surface area contributed by atoms with E-state index in [0.29, 0.717) is 11.2 Å². The molecular formula is C13H8Cl2F3N3. The normalized spacial score (nSPS) is 11.9. The molecule has 1 aromatic carbocycles. The molecule has 0 spiro atoms. The van der Waals surface area contributed by atoms with Crippen molar-refractivity contribution in [3.63, 3.8) is 0 Å². The van der Waals surface area contributed by atoms with E-state index < -0.39 is 11.7 Å². The van der Waals surface area contributed by atoms with Crippen molar-refractivity contribution in [3.05, 3.63) is 57.7 Å². The average molecular weight is 334 g/mol. The minimum atomic E-state index is -4.48. The van der Waals surface area contributed by atoms with Crippen LogP contribution in [0.2, 0.25) is 10.0 Å². The molecule has 1 aromatic heterocycles. The van der Waals surface area contributed by atoms with Crippen LogP contribution in [0.4, 0.5) is 19.0 Å². The van der Waals surface area contributed by atoms with Gasteiger partial charge in [-0.3, -0.25) is 5.43 Å². The van der Waals surface area contributed by atoms with Crippen molar-refractivity contribution >= 4 is 35.2 Å². The van der Waals surface area contributed by atoms with Crippen molar-refractivity contribution in [1.29, 1.82) is 0 Å². The summed E-state index contributed by atoms with van der Waals surface area (Å²) < 4.78 is 37.3. The van der Waals surface area contributed by atoms with E-state index in [1.807, 2.05) is 0 Å². The fraction of sp³-hybridized carbons (Fsp3) is 0.0769. The Bertz CT molecular complexity index is 655. The van der Waals surface area contributed by atoms with Gasteiger partial charge >= 0.3 is 6.18 Å². The monoisotopic (exact) mass is 333 g/mol. The van der Waals surface area contributed by atoms with Gasteiger partial charge in [0.05, 0.1) is 16.8 Å². The second kappa shape index (κ2) is 6.32. The number of pyridine rings is 1. The predicted octanol–water partition coefficient (Wildman–Crippen LogP) is 4.85. The highest BCUT2D eigenvalue weighted by molar-refractivity contribution is 6.33. The summed E-state index contributed by atoms with van der Waals surface area (Å²) in [4.78, 5) is 3.59. The van der Waals surface area contributed by atoms with E-state index >= 15 is 0 Å². The highest BCUT2D eigenvalue weighted by atomic mass is 35.5. The molecule has 0 atom stereocenters. The van der Waals surface area contributed by atoms with Crippen molar-refractivity contribution in [1.82, 2.24) is 4.98 Å². The molecule has 3 nitrogen and oxygen atoms in total. The van der Waals surface area contributed by atoms with Crippen LogP contribution in [0.1, 0.15) is 11.1 Å². The highest BCUT2D eigenvalue weighted by Crippen LogP contribution is 2.32. The summed E-state index contributed by atoms with van der Waals surface area (Å²) in [7, 11) is 0. The molecule has 0 saturated carbocycles. The average Bonchev–Trinajstić information content (AvgIpc) is 2.41. The standard InChI is InChI=1S/C13H8Cl2F3N3/c14-10-3-1-8(2-4-10)6-20-21-12-11(15)5-9(7-19-12)13(16,17)18/h1-7H,(H,19,21). The lowest BCUT2D eigenvalue weighted by molar-refractivity contribution is -0.137. The summed E-state index contributed by atoms with van der Waals surface area (Å²) in [5.41, 5.74) is 2.32. The molecule has 0 aliphatic rings. The Labute approximate surface area is 128 Å². The molecule has 0 aliphatic carbocycles. The zero-order valence-electron chi connectivity index (χ0n) is 10.3. The van der Waals surface area contributed by atoms with E-state index in [2.05, 4.69) is 15.5 Å². The number of hydrazone groups is 1. The van der Waals surface area contributed by atoms with E-state index in [1.54, 1.807) is 24.3 Å². The minimum absolute atomic E-state index is 0.0369. The molecule has 0 saturated heterocycles. The van der Waals surface area contributed by atoms with Crippen molar-refractivity contribution in [2.75, 3.05) is 5.43 Å². The number of hydrogen-bond acceptors (Lipinski definition) is 3. The van der Waals surface area contributed by atoms with Gasteiger partial charge in [-0.05, 0) is 23.8 Å². The summed E-state index contributed by atoms with van der Waals surface area (Å²) in [6, 6.07) is 7.62. The summed E-state index contributed by atoms with van der Waals surface area (Å²) in [5.74, 6) is 0.0369. The van der Waals surface area contributed by atoms with Crippen LogP contribution < -0.4 is 5.43 Å². The van der Waals surface area contributed by atoms with E-state index in [-0.39, 0.29) is 10.8 Å². The zero-order valence-corrected chi connectivity index (χ0v) is 11.8. The summed E-state index contributed by atoms with van der Waals surface area (Å²) >= 11 is 11.5. The van der Waals surface area contributed by atoms with Crippen molar-refractivity contribution in [2.24, 2.45) is 5.10 Å². The predicted molar refractivity (Wildman–Crippen MR) is 76.9 cm³/mol. The van der Waals surface area contributed by atoms with Crippen LogP contribution in [-0.2, 0) is 6.18 Å². The van der Waals surface area contributed by atoms with Crippen molar-refractivity contribution in [2.45, 2.75) is 6.18 Å². The van der Waals surface area contributed by atoms with Gasteiger partial charge in [0, 0.05) is 11.2 Å². The third kappa shape index (κ3) is 4.34. The number of nitrogens with zero attached hydrogens (tertiary/aromatic N) is 2. The number of hydrogen-bond donors (Lipinski definition) is 1. The molecule has 0 unspecified atom stereocenters.